The van der Waals surface area contributed by atoms with Crippen molar-refractivity contribution in [1.29, 1.82) is 0 Å². The molecule has 0 spiro atoms. The Morgan fingerprint density at radius 2 is 1.27 bits per heavy atom. The van der Waals surface area contributed by atoms with Crippen LogP contribution in [0.2, 0.25) is 0 Å². The third kappa shape index (κ3) is 11.8. The van der Waals surface area contributed by atoms with Crippen LogP contribution >= 0.6 is 0 Å². The molecule has 2 N–H and O–H groups in total. The summed E-state index contributed by atoms with van der Waals surface area (Å²) in [5.74, 6) is -8.32. The number of carbonyl (C=O) groups excluding carboxylic acids is 4. The van der Waals surface area contributed by atoms with Crippen molar-refractivity contribution < 1.29 is 43.3 Å². The van der Waals surface area contributed by atoms with Gasteiger partial charge in [-0.15, -0.1) is 0 Å². The first-order valence-electron chi connectivity index (χ1n) is 13.3. The van der Waals surface area contributed by atoms with Gasteiger partial charge >= 0.3 is 24.0 Å². The predicted octanol–water partition coefficient (Wildman–Crippen LogP) is 4.48. The highest BCUT2D eigenvalue weighted by molar-refractivity contribution is 6.00. The molecule has 1 unspecified atom stereocenters. The van der Waals surface area contributed by atoms with E-state index in [-0.39, 0.29) is 13.0 Å². The van der Waals surface area contributed by atoms with Gasteiger partial charge < -0.3 is 24.6 Å². The Balaban J connectivity index is 2.40. The number of esters is 2. The molecule has 0 radical (unpaired) electrons. The zero-order chi connectivity index (χ0) is 30.8. The van der Waals surface area contributed by atoms with Gasteiger partial charge in [0.25, 0.3) is 0 Å². The summed E-state index contributed by atoms with van der Waals surface area (Å²) in [7, 11) is 0. The lowest BCUT2D eigenvalue weighted by molar-refractivity contribution is -0.176. The van der Waals surface area contributed by atoms with Gasteiger partial charge in [0, 0.05) is 6.42 Å². The van der Waals surface area contributed by atoms with Crippen LogP contribution < -0.4 is 5.32 Å². The SMILES string of the molecule is CC(C)(C)OC(=O)N[C@H](Cc1ccccc1)C(=O)C[C@H](C(=O)OCc1ccccc1)C(C(=O)O)C(=O)OC(C)(C)C. The highest BCUT2D eigenvalue weighted by Crippen LogP contribution is 2.25. The van der Waals surface area contributed by atoms with Crippen molar-refractivity contribution in [3.8, 4) is 0 Å². The number of benzene rings is 2. The number of aliphatic carboxylic acids is 1. The molecule has 0 aliphatic rings. The fraction of sp³-hybridized carbons (Fsp3) is 0.452. The number of ether oxygens (including phenoxy) is 3. The van der Waals surface area contributed by atoms with Gasteiger partial charge in [-0.1, -0.05) is 60.7 Å². The Morgan fingerprint density at radius 3 is 1.76 bits per heavy atom. The highest BCUT2D eigenvalue weighted by atomic mass is 16.6. The van der Waals surface area contributed by atoms with Crippen LogP contribution in [-0.2, 0) is 46.4 Å². The van der Waals surface area contributed by atoms with Gasteiger partial charge in [-0.2, -0.15) is 0 Å². The quantitative estimate of drug-likeness (QED) is 0.215. The van der Waals surface area contributed by atoms with Crippen LogP contribution in [0.15, 0.2) is 60.7 Å². The minimum absolute atomic E-state index is 0.0366. The first-order chi connectivity index (χ1) is 19.1. The number of hydrogen-bond donors (Lipinski definition) is 2. The smallest absolute Gasteiger partial charge is 0.408 e. The van der Waals surface area contributed by atoms with E-state index in [0.29, 0.717) is 11.1 Å². The topological polar surface area (TPSA) is 145 Å². The third-order valence-electron chi connectivity index (χ3n) is 5.64. The van der Waals surface area contributed by atoms with Gasteiger partial charge in [0.1, 0.15) is 17.8 Å². The Bertz CT molecular complexity index is 1200. The standard InChI is InChI=1S/C31H39NO9/c1-30(2,3)40-28(37)25(26(34)35)22(27(36)39-19-21-15-11-8-12-16-21)18-24(33)23(17-20-13-9-7-10-14-20)32-29(38)41-31(4,5)6/h7-16,22-23,25H,17-19H2,1-6H3,(H,32,38)(H,34,35)/t22-,23+,25?/m0/s1. The lowest BCUT2D eigenvalue weighted by Gasteiger charge is -2.27. The number of amides is 1. The third-order valence-corrected chi connectivity index (χ3v) is 5.64. The van der Waals surface area contributed by atoms with Gasteiger partial charge in [0.05, 0.1) is 12.0 Å². The van der Waals surface area contributed by atoms with E-state index < -0.39 is 65.3 Å². The van der Waals surface area contributed by atoms with Crippen molar-refractivity contribution in [1.82, 2.24) is 5.32 Å². The molecule has 10 heteroatoms. The maximum atomic E-state index is 13.6. The van der Waals surface area contributed by atoms with Crippen molar-refractivity contribution >= 4 is 29.8 Å². The Kier molecular flexibility index (Phi) is 11.6. The van der Waals surface area contributed by atoms with Crippen LogP contribution in [0.1, 0.15) is 59.1 Å². The average Bonchev–Trinajstić information content (AvgIpc) is 2.85. The van der Waals surface area contributed by atoms with E-state index >= 15 is 0 Å². The second-order valence-electron chi connectivity index (χ2n) is 11.6. The molecule has 10 nitrogen and oxygen atoms in total. The molecule has 0 aliphatic heterocycles. The molecule has 0 bridgehead atoms. The van der Waals surface area contributed by atoms with Crippen molar-refractivity contribution in [2.24, 2.45) is 11.8 Å². The van der Waals surface area contributed by atoms with Gasteiger partial charge in [-0.3, -0.25) is 19.2 Å². The van der Waals surface area contributed by atoms with E-state index in [1.165, 1.54) is 0 Å². The van der Waals surface area contributed by atoms with Crippen LogP contribution in [0.25, 0.3) is 0 Å². The summed E-state index contributed by atoms with van der Waals surface area (Å²) in [6, 6.07) is 16.3. The van der Waals surface area contributed by atoms with Crippen LogP contribution in [0.3, 0.4) is 0 Å². The maximum Gasteiger partial charge on any atom is 0.408 e. The number of Topliss-reactive ketones (excluding diaryl/α,β-unsaturated/α-hetero) is 1. The lowest BCUT2D eigenvalue weighted by Crippen LogP contribution is -2.47. The molecule has 41 heavy (non-hydrogen) atoms. The van der Waals surface area contributed by atoms with Gasteiger partial charge in [-0.25, -0.2) is 4.79 Å². The van der Waals surface area contributed by atoms with E-state index in [2.05, 4.69) is 5.32 Å². The summed E-state index contributed by atoms with van der Waals surface area (Å²) in [6.07, 6.45) is -1.54. The number of alkyl carbamates (subject to hydrolysis) is 1. The van der Waals surface area contributed by atoms with Gasteiger partial charge in [0.2, 0.25) is 0 Å². The zero-order valence-electron chi connectivity index (χ0n) is 24.3. The first kappa shape index (κ1) is 33.0. The summed E-state index contributed by atoms with van der Waals surface area (Å²) in [5, 5.41) is 12.5. The van der Waals surface area contributed by atoms with Crippen LogP contribution in [0, 0.1) is 11.8 Å². The molecule has 0 aromatic heterocycles. The summed E-state index contributed by atoms with van der Waals surface area (Å²) in [5.41, 5.74) is -0.573. The molecule has 3 atom stereocenters. The van der Waals surface area contributed by atoms with Crippen LogP contribution in [-0.4, -0.2) is 52.1 Å². The van der Waals surface area contributed by atoms with E-state index in [1.54, 1.807) is 102 Å². The second-order valence-corrected chi connectivity index (χ2v) is 11.6. The van der Waals surface area contributed by atoms with E-state index in [4.69, 9.17) is 14.2 Å². The first-order valence-corrected chi connectivity index (χ1v) is 13.3. The van der Waals surface area contributed by atoms with Crippen molar-refractivity contribution in [2.75, 3.05) is 0 Å². The number of nitrogens with one attached hydrogen (secondary N) is 1. The molecule has 2 aromatic rings. The highest BCUT2D eigenvalue weighted by Gasteiger charge is 2.45. The summed E-state index contributed by atoms with van der Waals surface area (Å²) < 4.78 is 16.0. The Morgan fingerprint density at radius 1 is 0.756 bits per heavy atom. The molecule has 0 saturated heterocycles. The van der Waals surface area contributed by atoms with Crippen LogP contribution in [0.5, 0.6) is 0 Å². The molecule has 1 amide bonds. The summed E-state index contributed by atoms with van der Waals surface area (Å²) in [6.45, 7) is 9.46. The molecular formula is C31H39NO9. The number of carboxylic acids is 1. The number of ketones is 1. The monoisotopic (exact) mass is 569 g/mol. The van der Waals surface area contributed by atoms with Gasteiger partial charge in [0.15, 0.2) is 11.7 Å². The molecular weight excluding hydrogens is 530 g/mol. The average molecular weight is 570 g/mol. The normalized spacial score (nSPS) is 13.7. The molecule has 0 aliphatic carbocycles. The molecule has 0 saturated carbocycles. The minimum atomic E-state index is -2.03. The largest absolute Gasteiger partial charge is 0.481 e. The maximum absolute atomic E-state index is 13.6. The minimum Gasteiger partial charge on any atom is -0.481 e. The number of rotatable bonds is 12. The fourth-order valence-electron chi connectivity index (χ4n) is 3.88. The van der Waals surface area contributed by atoms with Crippen molar-refractivity contribution in [3.63, 3.8) is 0 Å². The summed E-state index contributed by atoms with van der Waals surface area (Å²) >= 11 is 0. The molecule has 0 heterocycles. The zero-order valence-corrected chi connectivity index (χ0v) is 24.3. The predicted molar refractivity (Wildman–Crippen MR) is 150 cm³/mol. The Labute approximate surface area is 240 Å². The molecule has 2 rings (SSSR count). The molecule has 222 valence electrons. The summed E-state index contributed by atoms with van der Waals surface area (Å²) in [4.78, 5) is 64.9. The van der Waals surface area contributed by atoms with E-state index in [1.807, 2.05) is 0 Å². The van der Waals surface area contributed by atoms with Crippen molar-refractivity contribution in [3.05, 3.63) is 71.8 Å². The fourth-order valence-corrected chi connectivity index (χ4v) is 3.88. The Hall–Kier alpha value is -4.21. The van der Waals surface area contributed by atoms with Crippen molar-refractivity contribution in [2.45, 2.75) is 78.2 Å². The number of hydrogen-bond acceptors (Lipinski definition) is 8. The van der Waals surface area contributed by atoms with E-state index in [9.17, 15) is 29.1 Å². The number of carbonyl (C=O) groups is 5. The van der Waals surface area contributed by atoms with E-state index in [0.717, 1.165) is 0 Å². The van der Waals surface area contributed by atoms with Crippen LogP contribution in [0.4, 0.5) is 4.79 Å². The second kappa shape index (κ2) is 14.4. The molecule has 2 aromatic carbocycles. The lowest BCUT2D eigenvalue weighted by atomic mass is 9.85. The van der Waals surface area contributed by atoms with Gasteiger partial charge in [-0.05, 0) is 59.1 Å². The number of carboxylic acid groups (broad SMARTS) is 1. The molecule has 0 fully saturated rings.